The lowest BCUT2D eigenvalue weighted by Crippen LogP contribution is -2.39. The summed E-state index contributed by atoms with van der Waals surface area (Å²) in [5.74, 6) is 0.939. The maximum Gasteiger partial charge on any atom is 0.154 e. The van der Waals surface area contributed by atoms with E-state index >= 15 is 0 Å². The van der Waals surface area contributed by atoms with Gasteiger partial charge in [0.2, 0.25) is 0 Å². The molecule has 0 amide bonds. The van der Waals surface area contributed by atoms with E-state index in [1.807, 2.05) is 6.92 Å². The molecule has 0 spiro atoms. The van der Waals surface area contributed by atoms with Crippen molar-refractivity contribution in [1.82, 2.24) is 0 Å². The Hall–Kier alpha value is -0.0800. The Morgan fingerprint density at radius 2 is 1.56 bits per heavy atom. The minimum absolute atomic E-state index is 0.00597. The number of hydrogen-bond donors (Lipinski definition) is 0. The molecule has 2 rings (SSSR count). The van der Waals surface area contributed by atoms with Gasteiger partial charge in [-0.15, -0.1) is 0 Å². The molecular weight excluding hydrogens is 224 g/mol. The van der Waals surface area contributed by atoms with Crippen molar-refractivity contribution in [3.8, 4) is 0 Å². The Labute approximate surface area is 112 Å². The molecule has 0 atom stereocenters. The van der Waals surface area contributed by atoms with Gasteiger partial charge in [0, 0.05) is 5.41 Å². The third-order valence-corrected chi connectivity index (χ3v) is 4.95. The topological polar surface area (TPSA) is 18.5 Å². The molecule has 1 aliphatic carbocycles. The van der Waals surface area contributed by atoms with Crippen LogP contribution in [0.2, 0.25) is 0 Å². The van der Waals surface area contributed by atoms with Crippen molar-refractivity contribution >= 4 is 0 Å². The predicted molar refractivity (Wildman–Crippen MR) is 74.4 cm³/mol. The molecule has 1 aliphatic heterocycles. The Kier molecular flexibility index (Phi) is 4.38. The minimum Gasteiger partial charge on any atom is -0.352 e. The summed E-state index contributed by atoms with van der Waals surface area (Å²) in [6.45, 7) is 10.9. The molecule has 2 fully saturated rings. The maximum atomic E-state index is 5.64. The van der Waals surface area contributed by atoms with E-state index in [1.165, 1.54) is 38.5 Å². The Balaban J connectivity index is 1.72. The first-order chi connectivity index (χ1) is 8.39. The van der Waals surface area contributed by atoms with E-state index in [9.17, 15) is 0 Å². The number of ether oxygens (including phenoxy) is 2. The van der Waals surface area contributed by atoms with Crippen LogP contribution in [-0.4, -0.2) is 19.5 Å². The molecule has 106 valence electrons. The monoisotopic (exact) mass is 254 g/mol. The molecule has 2 heteroatoms. The molecule has 0 aromatic heterocycles. The summed E-state index contributed by atoms with van der Waals surface area (Å²) in [6, 6.07) is 0. The molecule has 0 aromatic rings. The summed E-state index contributed by atoms with van der Waals surface area (Å²) in [5.41, 5.74) is 0.840. The second-order valence-corrected chi connectivity index (χ2v) is 7.65. The highest BCUT2D eigenvalue weighted by Crippen LogP contribution is 2.41. The van der Waals surface area contributed by atoms with Crippen LogP contribution in [0, 0.1) is 16.7 Å². The Bertz CT molecular complexity index is 254. The van der Waals surface area contributed by atoms with Gasteiger partial charge < -0.3 is 9.47 Å². The van der Waals surface area contributed by atoms with Gasteiger partial charge in [-0.05, 0) is 56.8 Å². The van der Waals surface area contributed by atoms with Crippen LogP contribution >= 0.6 is 0 Å². The fourth-order valence-corrected chi connectivity index (χ4v) is 3.17. The van der Waals surface area contributed by atoms with E-state index < -0.39 is 0 Å². The fraction of sp³-hybridized carbons (Fsp3) is 1.00. The number of hydrogen-bond acceptors (Lipinski definition) is 2. The first-order valence-electron chi connectivity index (χ1n) is 7.62. The van der Waals surface area contributed by atoms with Gasteiger partial charge in [0.05, 0.1) is 13.2 Å². The summed E-state index contributed by atoms with van der Waals surface area (Å²) in [4.78, 5) is 0. The van der Waals surface area contributed by atoms with Gasteiger partial charge in [-0.2, -0.15) is 0 Å². The van der Waals surface area contributed by atoms with Crippen LogP contribution in [0.5, 0.6) is 0 Å². The van der Waals surface area contributed by atoms with Gasteiger partial charge in [-0.25, -0.2) is 0 Å². The third-order valence-electron chi connectivity index (χ3n) is 4.95. The van der Waals surface area contributed by atoms with Gasteiger partial charge in [-0.1, -0.05) is 20.8 Å². The van der Waals surface area contributed by atoms with Crippen LogP contribution in [0.4, 0.5) is 0 Å². The molecule has 2 nitrogen and oxygen atoms in total. The molecule has 0 unspecified atom stereocenters. The highest BCUT2D eigenvalue weighted by atomic mass is 16.7. The van der Waals surface area contributed by atoms with Gasteiger partial charge in [0.15, 0.2) is 6.29 Å². The standard InChI is InChI=1S/C16H30O2/c1-13-17-11-16(4,12-18-13)10-7-14-5-8-15(2,3)9-6-14/h13-14H,5-12H2,1-4H3. The zero-order chi connectivity index (χ0) is 13.2. The third kappa shape index (κ3) is 3.96. The van der Waals surface area contributed by atoms with E-state index in [2.05, 4.69) is 20.8 Å². The molecule has 18 heavy (non-hydrogen) atoms. The summed E-state index contributed by atoms with van der Waals surface area (Å²) in [7, 11) is 0. The predicted octanol–water partition coefficient (Wildman–Crippen LogP) is 4.38. The van der Waals surface area contributed by atoms with Crippen LogP contribution < -0.4 is 0 Å². The fourth-order valence-electron chi connectivity index (χ4n) is 3.17. The Morgan fingerprint density at radius 3 is 2.11 bits per heavy atom. The summed E-state index contributed by atoms with van der Waals surface area (Å²) < 4.78 is 11.3. The van der Waals surface area contributed by atoms with Crippen LogP contribution in [0.25, 0.3) is 0 Å². The summed E-state index contributed by atoms with van der Waals surface area (Å²) in [6.07, 6.45) is 8.24. The van der Waals surface area contributed by atoms with E-state index in [4.69, 9.17) is 9.47 Å². The summed E-state index contributed by atoms with van der Waals surface area (Å²) >= 11 is 0. The van der Waals surface area contributed by atoms with Gasteiger partial charge in [0.1, 0.15) is 0 Å². The average Bonchev–Trinajstić information content (AvgIpc) is 2.32. The molecule has 0 aromatic carbocycles. The molecule has 1 heterocycles. The highest BCUT2D eigenvalue weighted by molar-refractivity contribution is 4.82. The van der Waals surface area contributed by atoms with Crippen molar-refractivity contribution in [3.63, 3.8) is 0 Å². The van der Waals surface area contributed by atoms with E-state index in [0.29, 0.717) is 5.41 Å². The Morgan fingerprint density at radius 1 is 1.00 bits per heavy atom. The van der Waals surface area contributed by atoms with Crippen LogP contribution in [-0.2, 0) is 9.47 Å². The number of rotatable bonds is 3. The normalized spacial score (nSPS) is 37.7. The molecule has 2 aliphatic rings. The quantitative estimate of drug-likeness (QED) is 0.744. The lowest BCUT2D eigenvalue weighted by atomic mass is 9.70. The second kappa shape index (κ2) is 5.50. The van der Waals surface area contributed by atoms with E-state index in [1.54, 1.807) is 0 Å². The van der Waals surface area contributed by atoms with Crippen molar-refractivity contribution in [3.05, 3.63) is 0 Å². The molecule has 0 radical (unpaired) electrons. The first-order valence-corrected chi connectivity index (χ1v) is 7.62. The van der Waals surface area contributed by atoms with E-state index in [-0.39, 0.29) is 11.7 Å². The van der Waals surface area contributed by atoms with Crippen molar-refractivity contribution in [2.24, 2.45) is 16.7 Å². The van der Waals surface area contributed by atoms with Crippen molar-refractivity contribution in [2.45, 2.75) is 72.5 Å². The van der Waals surface area contributed by atoms with Crippen LogP contribution in [0.3, 0.4) is 0 Å². The SMILES string of the molecule is CC1OCC(C)(CCC2CCC(C)(C)CC2)CO1. The van der Waals surface area contributed by atoms with Crippen molar-refractivity contribution in [1.29, 1.82) is 0 Å². The average molecular weight is 254 g/mol. The summed E-state index contributed by atoms with van der Waals surface area (Å²) in [5, 5.41) is 0. The van der Waals surface area contributed by atoms with Crippen LogP contribution in [0.15, 0.2) is 0 Å². The largest absolute Gasteiger partial charge is 0.352 e. The van der Waals surface area contributed by atoms with Gasteiger partial charge in [0.25, 0.3) is 0 Å². The second-order valence-electron chi connectivity index (χ2n) is 7.65. The zero-order valence-electron chi connectivity index (χ0n) is 12.6. The lowest BCUT2D eigenvalue weighted by Gasteiger charge is -2.39. The molecule has 1 saturated heterocycles. The van der Waals surface area contributed by atoms with Crippen molar-refractivity contribution < 1.29 is 9.47 Å². The van der Waals surface area contributed by atoms with Crippen molar-refractivity contribution in [2.75, 3.05) is 13.2 Å². The maximum absolute atomic E-state index is 5.64. The molecule has 0 N–H and O–H groups in total. The first kappa shape index (κ1) is 14.3. The highest BCUT2D eigenvalue weighted by Gasteiger charge is 2.33. The molecular formula is C16H30O2. The van der Waals surface area contributed by atoms with Gasteiger partial charge in [-0.3, -0.25) is 0 Å². The van der Waals surface area contributed by atoms with Crippen LogP contribution in [0.1, 0.15) is 66.2 Å². The lowest BCUT2D eigenvalue weighted by molar-refractivity contribution is -0.218. The zero-order valence-corrected chi connectivity index (χ0v) is 12.6. The minimum atomic E-state index is -0.00597. The van der Waals surface area contributed by atoms with Gasteiger partial charge >= 0.3 is 0 Å². The molecule has 1 saturated carbocycles. The molecule has 0 bridgehead atoms. The van der Waals surface area contributed by atoms with E-state index in [0.717, 1.165) is 19.1 Å². The smallest absolute Gasteiger partial charge is 0.154 e.